The Hall–Kier alpha value is -1.15. The number of halogens is 1. The van der Waals surface area contributed by atoms with Crippen molar-refractivity contribution in [1.29, 1.82) is 0 Å². The highest BCUT2D eigenvalue weighted by atomic mass is 127. The minimum atomic E-state index is 0.325. The predicted molar refractivity (Wildman–Crippen MR) is 76.9 cm³/mol. The second kappa shape index (κ2) is 6.14. The molecule has 2 heterocycles. The summed E-state index contributed by atoms with van der Waals surface area (Å²) in [5.74, 6) is 1.95. The predicted octanol–water partition coefficient (Wildman–Crippen LogP) is 2.59. The first-order chi connectivity index (χ1) is 8.67. The van der Waals surface area contributed by atoms with Crippen LogP contribution in [0.1, 0.15) is 24.4 Å². The van der Waals surface area contributed by atoms with Crippen LogP contribution in [0.3, 0.4) is 0 Å². The Morgan fingerprint density at radius 1 is 1.44 bits per heavy atom. The number of hydrogen-bond donors (Lipinski definition) is 1. The first-order valence-electron chi connectivity index (χ1n) is 5.60. The van der Waals surface area contributed by atoms with Gasteiger partial charge in [0, 0.05) is 18.5 Å². The van der Waals surface area contributed by atoms with Crippen LogP contribution in [0.2, 0.25) is 0 Å². The Morgan fingerprint density at radius 3 is 2.94 bits per heavy atom. The van der Waals surface area contributed by atoms with Crippen molar-refractivity contribution >= 4 is 34.7 Å². The van der Waals surface area contributed by atoms with Crippen LogP contribution in [0.4, 0.5) is 0 Å². The van der Waals surface area contributed by atoms with Crippen molar-refractivity contribution in [3.63, 3.8) is 0 Å². The van der Waals surface area contributed by atoms with Crippen molar-refractivity contribution in [2.75, 3.05) is 7.05 Å². The number of nitrogens with zero attached hydrogens (tertiary/aromatic N) is 2. The molecule has 2 aromatic heterocycles. The van der Waals surface area contributed by atoms with Gasteiger partial charge in [0.05, 0.1) is 0 Å². The van der Waals surface area contributed by atoms with Crippen LogP contribution in [0, 0.1) is 3.77 Å². The molecule has 2 aromatic rings. The van der Waals surface area contributed by atoms with Gasteiger partial charge in [-0.3, -0.25) is 0 Å². The van der Waals surface area contributed by atoms with Crippen molar-refractivity contribution in [1.82, 2.24) is 15.5 Å². The highest BCUT2D eigenvalue weighted by Crippen LogP contribution is 2.13. The minimum Gasteiger partial charge on any atom is -0.451 e. The summed E-state index contributed by atoms with van der Waals surface area (Å²) in [4.78, 5) is 4.27. The van der Waals surface area contributed by atoms with Crippen molar-refractivity contribution < 1.29 is 8.94 Å². The molecule has 1 atom stereocenters. The lowest BCUT2D eigenvalue weighted by Gasteiger charge is -2.04. The fraction of sp³-hybridized carbons (Fsp3) is 0.333. The van der Waals surface area contributed by atoms with Gasteiger partial charge in [-0.15, -0.1) is 0 Å². The van der Waals surface area contributed by atoms with Crippen LogP contribution < -0.4 is 5.32 Å². The van der Waals surface area contributed by atoms with Crippen molar-refractivity contribution in [2.45, 2.75) is 19.4 Å². The number of aromatic nitrogens is 2. The summed E-state index contributed by atoms with van der Waals surface area (Å²) in [5, 5.41) is 7.04. The molecule has 0 fully saturated rings. The van der Waals surface area contributed by atoms with Gasteiger partial charge >= 0.3 is 0 Å². The lowest BCUT2D eigenvalue weighted by atomic mass is 10.2. The molecule has 18 heavy (non-hydrogen) atoms. The number of nitrogens with one attached hydrogen (secondary N) is 1. The molecule has 0 aromatic carbocycles. The van der Waals surface area contributed by atoms with Gasteiger partial charge in [-0.1, -0.05) is 5.16 Å². The Labute approximate surface area is 119 Å². The molecule has 1 N–H and O–H groups in total. The molecule has 0 spiro atoms. The van der Waals surface area contributed by atoms with E-state index in [1.165, 1.54) is 0 Å². The van der Waals surface area contributed by atoms with E-state index in [1.54, 1.807) is 12.2 Å². The van der Waals surface area contributed by atoms with E-state index in [-0.39, 0.29) is 0 Å². The maximum Gasteiger partial charge on any atom is 0.250 e. The van der Waals surface area contributed by atoms with Gasteiger partial charge in [-0.2, -0.15) is 4.98 Å². The summed E-state index contributed by atoms with van der Waals surface area (Å²) >= 11 is 2.12. The summed E-state index contributed by atoms with van der Waals surface area (Å²) < 4.78 is 11.4. The van der Waals surface area contributed by atoms with Crippen LogP contribution in [0.15, 0.2) is 21.1 Å². The maximum atomic E-state index is 5.39. The lowest BCUT2D eigenvalue weighted by Crippen LogP contribution is -2.24. The molecule has 1 unspecified atom stereocenters. The Balaban J connectivity index is 2.00. The minimum absolute atomic E-state index is 0.325. The lowest BCUT2D eigenvalue weighted by molar-refractivity contribution is 0.400. The molecule has 6 heteroatoms. The van der Waals surface area contributed by atoms with E-state index in [0.717, 1.165) is 15.9 Å². The molecule has 0 bridgehead atoms. The molecule has 0 aliphatic carbocycles. The fourth-order valence-corrected chi connectivity index (χ4v) is 1.80. The van der Waals surface area contributed by atoms with Crippen LogP contribution in [0.25, 0.3) is 12.2 Å². The van der Waals surface area contributed by atoms with Crippen LogP contribution >= 0.6 is 22.6 Å². The Kier molecular flexibility index (Phi) is 4.54. The normalized spacial score (nSPS) is 13.3. The number of rotatable bonds is 5. The van der Waals surface area contributed by atoms with Crippen LogP contribution in [-0.2, 0) is 6.42 Å². The highest BCUT2D eigenvalue weighted by molar-refractivity contribution is 14.1. The zero-order valence-electron chi connectivity index (χ0n) is 10.2. The van der Waals surface area contributed by atoms with E-state index in [2.05, 4.69) is 45.0 Å². The van der Waals surface area contributed by atoms with Gasteiger partial charge in [0.1, 0.15) is 5.76 Å². The first kappa shape index (κ1) is 13.3. The van der Waals surface area contributed by atoms with Gasteiger partial charge in [-0.25, -0.2) is 0 Å². The van der Waals surface area contributed by atoms with E-state index in [4.69, 9.17) is 8.94 Å². The van der Waals surface area contributed by atoms with Gasteiger partial charge in [0.15, 0.2) is 9.59 Å². The van der Waals surface area contributed by atoms with Gasteiger partial charge < -0.3 is 14.3 Å². The van der Waals surface area contributed by atoms with Gasteiger partial charge in [0.25, 0.3) is 5.89 Å². The van der Waals surface area contributed by atoms with E-state index >= 15 is 0 Å². The van der Waals surface area contributed by atoms with Gasteiger partial charge in [-0.05, 0) is 54.8 Å². The molecule has 5 nitrogen and oxygen atoms in total. The average molecular weight is 359 g/mol. The molecule has 0 saturated carbocycles. The average Bonchev–Trinajstić information content (AvgIpc) is 2.96. The van der Waals surface area contributed by atoms with Crippen LogP contribution in [-0.4, -0.2) is 23.2 Å². The molecular formula is C12H14IN3O2. The third-order valence-electron chi connectivity index (χ3n) is 2.45. The molecular weight excluding hydrogens is 345 g/mol. The molecule has 2 rings (SSSR count). The zero-order valence-corrected chi connectivity index (χ0v) is 12.3. The molecule has 0 radical (unpaired) electrons. The van der Waals surface area contributed by atoms with E-state index < -0.39 is 0 Å². The third-order valence-corrected chi connectivity index (χ3v) is 3.03. The van der Waals surface area contributed by atoms with E-state index in [0.29, 0.717) is 17.8 Å². The maximum absolute atomic E-state index is 5.39. The molecule has 0 amide bonds. The van der Waals surface area contributed by atoms with Crippen molar-refractivity contribution in [3.8, 4) is 0 Å². The van der Waals surface area contributed by atoms with Crippen LogP contribution in [0.5, 0.6) is 0 Å². The summed E-state index contributed by atoms with van der Waals surface area (Å²) in [6, 6.07) is 4.11. The summed E-state index contributed by atoms with van der Waals surface area (Å²) in [5.41, 5.74) is 0. The number of likely N-dealkylation sites (N-methyl/N-ethyl adjacent to an activating group) is 1. The largest absolute Gasteiger partial charge is 0.451 e. The van der Waals surface area contributed by atoms with Crippen molar-refractivity contribution in [2.24, 2.45) is 0 Å². The zero-order chi connectivity index (χ0) is 13.0. The molecule has 0 aliphatic rings. The SMILES string of the molecule is CNC(C)Cc1noc(/C=C/c2ccc(I)o2)n1. The highest BCUT2D eigenvalue weighted by Gasteiger charge is 2.07. The molecule has 0 aliphatic heterocycles. The number of hydrogen-bond acceptors (Lipinski definition) is 5. The Bertz CT molecular complexity index is 533. The smallest absolute Gasteiger partial charge is 0.250 e. The summed E-state index contributed by atoms with van der Waals surface area (Å²) in [7, 11) is 1.91. The summed E-state index contributed by atoms with van der Waals surface area (Å²) in [6.07, 6.45) is 4.29. The van der Waals surface area contributed by atoms with Gasteiger partial charge in [0.2, 0.25) is 0 Å². The third kappa shape index (κ3) is 3.67. The quantitative estimate of drug-likeness (QED) is 0.832. The topological polar surface area (TPSA) is 64.1 Å². The fourth-order valence-electron chi connectivity index (χ4n) is 1.37. The van der Waals surface area contributed by atoms with E-state index in [1.807, 2.05) is 19.2 Å². The monoisotopic (exact) mass is 359 g/mol. The second-order valence-electron chi connectivity index (χ2n) is 3.92. The first-order valence-corrected chi connectivity index (χ1v) is 6.68. The second-order valence-corrected chi connectivity index (χ2v) is 4.98. The van der Waals surface area contributed by atoms with Crippen molar-refractivity contribution in [3.05, 3.63) is 33.4 Å². The van der Waals surface area contributed by atoms with E-state index in [9.17, 15) is 0 Å². The molecule has 0 saturated heterocycles. The standard InChI is InChI=1S/C12H14IN3O2/c1-8(14-2)7-11-15-12(18-16-11)6-4-9-3-5-10(13)17-9/h3-6,8,14H,7H2,1-2H3/b6-4+. The Morgan fingerprint density at radius 2 is 2.28 bits per heavy atom. The molecule has 96 valence electrons. The number of furan rings is 1. The summed E-state index contributed by atoms with van der Waals surface area (Å²) in [6.45, 7) is 2.07.